The molecule has 1 saturated heterocycles. The van der Waals surface area contributed by atoms with Crippen molar-refractivity contribution in [3.8, 4) is 0 Å². The quantitative estimate of drug-likeness (QED) is 0.886. The zero-order valence-electron chi connectivity index (χ0n) is 11.8. The van der Waals surface area contributed by atoms with E-state index in [1.54, 1.807) is 11.8 Å². The van der Waals surface area contributed by atoms with E-state index < -0.39 is 0 Å². The molecule has 1 heterocycles. The van der Waals surface area contributed by atoms with Crippen molar-refractivity contribution in [2.45, 2.75) is 38.3 Å². The summed E-state index contributed by atoms with van der Waals surface area (Å²) in [6, 6.07) is 10.4. The first-order valence-electron chi connectivity index (χ1n) is 6.69. The van der Waals surface area contributed by atoms with Crippen molar-refractivity contribution in [2.24, 2.45) is 0 Å². The largest absolute Gasteiger partial charge is 0.351 e. The molecule has 0 radical (unpaired) electrons. The molecular formula is C15H22N2OS. The Morgan fingerprint density at radius 1 is 1.42 bits per heavy atom. The summed E-state index contributed by atoms with van der Waals surface area (Å²) < 4.78 is 0. The van der Waals surface area contributed by atoms with Gasteiger partial charge in [0.25, 0.3) is 0 Å². The van der Waals surface area contributed by atoms with E-state index in [1.165, 1.54) is 5.56 Å². The maximum atomic E-state index is 12.1. The first-order chi connectivity index (χ1) is 9.01. The molecule has 1 amide bonds. The molecule has 1 aliphatic rings. The topological polar surface area (TPSA) is 41.1 Å². The SMILES string of the molecule is CC(NC(=O)C1CSCN1)C(C)(C)c1ccccc1. The summed E-state index contributed by atoms with van der Waals surface area (Å²) in [7, 11) is 0. The van der Waals surface area contributed by atoms with Crippen molar-refractivity contribution < 1.29 is 4.79 Å². The van der Waals surface area contributed by atoms with Crippen LogP contribution < -0.4 is 10.6 Å². The molecule has 2 rings (SSSR count). The molecule has 2 N–H and O–H groups in total. The van der Waals surface area contributed by atoms with Gasteiger partial charge >= 0.3 is 0 Å². The molecule has 3 nitrogen and oxygen atoms in total. The number of benzene rings is 1. The number of hydrogen-bond acceptors (Lipinski definition) is 3. The van der Waals surface area contributed by atoms with E-state index in [-0.39, 0.29) is 23.4 Å². The van der Waals surface area contributed by atoms with Crippen molar-refractivity contribution in [1.29, 1.82) is 0 Å². The summed E-state index contributed by atoms with van der Waals surface area (Å²) in [5.74, 6) is 1.85. The molecule has 104 valence electrons. The van der Waals surface area contributed by atoms with E-state index in [9.17, 15) is 4.79 Å². The molecule has 0 saturated carbocycles. The molecule has 19 heavy (non-hydrogen) atoms. The zero-order chi connectivity index (χ0) is 13.9. The third kappa shape index (κ3) is 3.31. The molecule has 0 aliphatic carbocycles. The van der Waals surface area contributed by atoms with Gasteiger partial charge in [-0.1, -0.05) is 44.2 Å². The molecule has 1 aromatic rings. The van der Waals surface area contributed by atoms with Crippen molar-refractivity contribution in [3.63, 3.8) is 0 Å². The van der Waals surface area contributed by atoms with Crippen LogP contribution in [0.5, 0.6) is 0 Å². The Morgan fingerprint density at radius 3 is 2.68 bits per heavy atom. The van der Waals surface area contributed by atoms with Gasteiger partial charge in [0.15, 0.2) is 0 Å². The molecule has 0 aromatic heterocycles. The van der Waals surface area contributed by atoms with Crippen LogP contribution in [0.3, 0.4) is 0 Å². The lowest BCUT2D eigenvalue weighted by Gasteiger charge is -2.33. The second-order valence-electron chi connectivity index (χ2n) is 5.59. The van der Waals surface area contributed by atoms with Crippen molar-refractivity contribution >= 4 is 17.7 Å². The van der Waals surface area contributed by atoms with E-state index >= 15 is 0 Å². The van der Waals surface area contributed by atoms with Crippen LogP contribution in [-0.4, -0.2) is 29.6 Å². The summed E-state index contributed by atoms with van der Waals surface area (Å²) >= 11 is 1.77. The standard InChI is InChI=1S/C15H22N2OS/c1-11(17-14(18)13-9-19-10-16-13)15(2,3)12-7-5-4-6-8-12/h4-8,11,13,16H,9-10H2,1-3H3,(H,17,18). The van der Waals surface area contributed by atoms with E-state index in [0.717, 1.165) is 11.6 Å². The third-order valence-electron chi connectivity index (χ3n) is 3.99. The average Bonchev–Trinajstić information content (AvgIpc) is 2.93. The number of amides is 1. The van der Waals surface area contributed by atoms with Gasteiger partial charge in [0.2, 0.25) is 5.91 Å². The third-order valence-corrected chi connectivity index (χ3v) is 4.93. The number of nitrogens with one attached hydrogen (secondary N) is 2. The van der Waals surface area contributed by atoms with Gasteiger partial charge in [-0.25, -0.2) is 0 Å². The van der Waals surface area contributed by atoms with Gasteiger partial charge in [-0.15, -0.1) is 11.8 Å². The molecule has 1 aromatic carbocycles. The number of thioether (sulfide) groups is 1. The molecule has 1 aliphatic heterocycles. The highest BCUT2D eigenvalue weighted by atomic mass is 32.2. The maximum absolute atomic E-state index is 12.1. The van der Waals surface area contributed by atoms with Gasteiger partial charge in [-0.05, 0) is 12.5 Å². The normalized spacial score (nSPS) is 21.1. The van der Waals surface area contributed by atoms with Crippen LogP contribution in [0.2, 0.25) is 0 Å². The summed E-state index contributed by atoms with van der Waals surface area (Å²) in [6.45, 7) is 6.42. The van der Waals surface area contributed by atoms with Gasteiger partial charge in [0.05, 0.1) is 6.04 Å². The summed E-state index contributed by atoms with van der Waals surface area (Å²) in [4.78, 5) is 12.1. The molecular weight excluding hydrogens is 256 g/mol. The first kappa shape index (κ1) is 14.4. The Hall–Kier alpha value is -1.00. The van der Waals surface area contributed by atoms with Gasteiger partial charge in [-0.3, -0.25) is 10.1 Å². The van der Waals surface area contributed by atoms with E-state index in [4.69, 9.17) is 0 Å². The van der Waals surface area contributed by atoms with Crippen molar-refractivity contribution in [3.05, 3.63) is 35.9 Å². The van der Waals surface area contributed by atoms with Crippen LogP contribution in [0.25, 0.3) is 0 Å². The Balaban J connectivity index is 2.02. The summed E-state index contributed by atoms with van der Waals surface area (Å²) in [5, 5.41) is 6.35. The van der Waals surface area contributed by atoms with Gasteiger partial charge < -0.3 is 5.32 Å². The Kier molecular flexibility index (Phi) is 4.53. The fourth-order valence-electron chi connectivity index (χ4n) is 2.18. The minimum atomic E-state index is -0.0807. The fourth-order valence-corrected chi connectivity index (χ4v) is 3.12. The van der Waals surface area contributed by atoms with Crippen LogP contribution in [0.15, 0.2) is 30.3 Å². The predicted octanol–water partition coefficient (Wildman–Crippen LogP) is 2.13. The maximum Gasteiger partial charge on any atom is 0.238 e. The smallest absolute Gasteiger partial charge is 0.238 e. The molecule has 0 spiro atoms. The number of rotatable bonds is 4. The minimum Gasteiger partial charge on any atom is -0.351 e. The van der Waals surface area contributed by atoms with Gasteiger partial charge in [0, 0.05) is 23.1 Å². The molecule has 1 fully saturated rings. The Morgan fingerprint density at radius 2 is 2.11 bits per heavy atom. The van der Waals surface area contributed by atoms with Crippen molar-refractivity contribution in [2.75, 3.05) is 11.6 Å². The van der Waals surface area contributed by atoms with E-state index in [1.807, 2.05) is 18.2 Å². The fraction of sp³-hybridized carbons (Fsp3) is 0.533. The molecule has 0 bridgehead atoms. The monoisotopic (exact) mass is 278 g/mol. The number of carbonyl (C=O) groups excluding carboxylic acids is 1. The van der Waals surface area contributed by atoms with Crippen LogP contribution in [0.1, 0.15) is 26.3 Å². The predicted molar refractivity (Wildman–Crippen MR) is 81.3 cm³/mol. The molecule has 2 atom stereocenters. The minimum absolute atomic E-state index is 0.0426. The molecule has 4 heteroatoms. The Labute approximate surface area is 119 Å². The number of carbonyl (C=O) groups is 1. The second-order valence-corrected chi connectivity index (χ2v) is 6.62. The second kappa shape index (κ2) is 5.97. The van der Waals surface area contributed by atoms with Gasteiger partial charge in [0.1, 0.15) is 0 Å². The first-order valence-corrected chi connectivity index (χ1v) is 7.84. The van der Waals surface area contributed by atoms with Crippen LogP contribution in [0.4, 0.5) is 0 Å². The number of hydrogen-bond donors (Lipinski definition) is 2. The lowest BCUT2D eigenvalue weighted by Crippen LogP contribution is -2.51. The zero-order valence-corrected chi connectivity index (χ0v) is 12.6. The highest BCUT2D eigenvalue weighted by Crippen LogP contribution is 2.27. The average molecular weight is 278 g/mol. The molecule has 2 unspecified atom stereocenters. The van der Waals surface area contributed by atoms with Crippen LogP contribution in [-0.2, 0) is 10.2 Å². The van der Waals surface area contributed by atoms with Crippen LogP contribution in [0, 0.1) is 0 Å². The summed E-state index contributed by atoms with van der Waals surface area (Å²) in [6.07, 6.45) is 0. The van der Waals surface area contributed by atoms with Crippen LogP contribution >= 0.6 is 11.8 Å². The van der Waals surface area contributed by atoms with Gasteiger partial charge in [-0.2, -0.15) is 0 Å². The van der Waals surface area contributed by atoms with E-state index in [0.29, 0.717) is 0 Å². The lowest BCUT2D eigenvalue weighted by atomic mass is 9.78. The highest BCUT2D eigenvalue weighted by molar-refractivity contribution is 7.99. The van der Waals surface area contributed by atoms with Crippen molar-refractivity contribution in [1.82, 2.24) is 10.6 Å². The lowest BCUT2D eigenvalue weighted by molar-refractivity contribution is -0.123. The Bertz CT molecular complexity index is 427. The van der Waals surface area contributed by atoms with E-state index in [2.05, 4.69) is 43.5 Å². The summed E-state index contributed by atoms with van der Waals surface area (Å²) in [5.41, 5.74) is 1.17. The highest BCUT2D eigenvalue weighted by Gasteiger charge is 2.31.